The van der Waals surface area contributed by atoms with Crippen molar-refractivity contribution >= 4 is 22.8 Å². The van der Waals surface area contributed by atoms with Crippen molar-refractivity contribution in [1.29, 1.82) is 0 Å². The minimum Gasteiger partial charge on any atom is -0.493 e. The normalized spacial score (nSPS) is 17.4. The minimum absolute atomic E-state index is 0.00586. The summed E-state index contributed by atoms with van der Waals surface area (Å²) in [6.45, 7) is 2.65. The first-order valence-electron chi connectivity index (χ1n) is 7.30. The lowest BCUT2D eigenvalue weighted by molar-refractivity contribution is -0.129. The fraction of sp³-hybridized carbons (Fsp3) is 0.500. The molecule has 0 radical (unpaired) electrons. The molecular formula is C16H21NO4S. The summed E-state index contributed by atoms with van der Waals surface area (Å²) in [6.07, 6.45) is 1.89. The molecule has 1 saturated heterocycles. The molecule has 1 atom stereocenters. The molecule has 22 heavy (non-hydrogen) atoms. The van der Waals surface area contributed by atoms with Crippen LogP contribution in [-0.4, -0.2) is 48.0 Å². The zero-order valence-electron chi connectivity index (χ0n) is 12.9. The van der Waals surface area contributed by atoms with Crippen molar-refractivity contribution in [3.63, 3.8) is 0 Å². The van der Waals surface area contributed by atoms with E-state index in [-0.39, 0.29) is 22.8 Å². The Labute approximate surface area is 135 Å². The summed E-state index contributed by atoms with van der Waals surface area (Å²) in [5, 5.41) is -0.0330. The number of methoxy groups -OCH3 is 1. The summed E-state index contributed by atoms with van der Waals surface area (Å²) in [6, 6.07) is 7.53. The van der Waals surface area contributed by atoms with Gasteiger partial charge in [0.2, 0.25) is 5.91 Å². The number of benzene rings is 1. The first kappa shape index (κ1) is 16.7. The molecule has 1 amide bonds. The fourth-order valence-electron chi connectivity index (χ4n) is 2.51. The molecule has 0 N–H and O–H groups in total. The van der Waals surface area contributed by atoms with Gasteiger partial charge in [-0.2, -0.15) is 0 Å². The van der Waals surface area contributed by atoms with Crippen molar-refractivity contribution in [2.45, 2.75) is 25.8 Å². The molecule has 2 rings (SSSR count). The number of amides is 1. The van der Waals surface area contributed by atoms with Crippen LogP contribution in [0.25, 0.3) is 0 Å². The first-order valence-corrected chi connectivity index (χ1v) is 8.29. The van der Waals surface area contributed by atoms with Gasteiger partial charge >= 0.3 is 0 Å². The Morgan fingerprint density at radius 1 is 1.32 bits per heavy atom. The molecule has 6 heteroatoms. The van der Waals surface area contributed by atoms with E-state index in [1.807, 2.05) is 29.2 Å². The maximum atomic E-state index is 12.2. The third-order valence-corrected chi connectivity index (χ3v) is 4.39. The van der Waals surface area contributed by atoms with Crippen LogP contribution in [0.2, 0.25) is 0 Å². The van der Waals surface area contributed by atoms with Gasteiger partial charge in [-0.05, 0) is 25.0 Å². The Bertz CT molecular complexity index is 535. The van der Waals surface area contributed by atoms with Crippen LogP contribution in [0.15, 0.2) is 24.3 Å². The molecule has 0 unspecified atom stereocenters. The number of para-hydroxylation sites is 2. The predicted molar refractivity (Wildman–Crippen MR) is 86.4 cm³/mol. The number of hydrogen-bond donors (Lipinski definition) is 0. The number of ether oxygens (including phenoxy) is 2. The summed E-state index contributed by atoms with van der Waals surface area (Å²) >= 11 is 1.06. The highest BCUT2D eigenvalue weighted by atomic mass is 32.2. The number of carbonyl (C=O) groups is 2. The third kappa shape index (κ3) is 4.40. The van der Waals surface area contributed by atoms with Crippen LogP contribution in [0.3, 0.4) is 0 Å². The number of hydrogen-bond acceptors (Lipinski definition) is 5. The minimum atomic E-state index is -0.0330. The van der Waals surface area contributed by atoms with E-state index in [2.05, 4.69) is 0 Å². The summed E-state index contributed by atoms with van der Waals surface area (Å²) in [5.41, 5.74) is 0. The van der Waals surface area contributed by atoms with E-state index in [4.69, 9.17) is 9.47 Å². The fourth-order valence-corrected chi connectivity index (χ4v) is 3.00. The molecule has 1 aromatic carbocycles. The molecule has 5 nitrogen and oxygen atoms in total. The molecule has 0 bridgehead atoms. The Balaban J connectivity index is 1.91. The average molecular weight is 323 g/mol. The molecule has 0 saturated carbocycles. The Kier molecular flexibility index (Phi) is 6.12. The van der Waals surface area contributed by atoms with Crippen LogP contribution in [-0.2, 0) is 9.59 Å². The van der Waals surface area contributed by atoms with Crippen molar-refractivity contribution in [3.8, 4) is 11.5 Å². The number of carbonyl (C=O) groups excluding carboxylic acids is 2. The van der Waals surface area contributed by atoms with E-state index in [0.717, 1.165) is 31.1 Å². The van der Waals surface area contributed by atoms with Gasteiger partial charge in [0.1, 0.15) is 6.61 Å². The number of likely N-dealkylation sites (tertiary alicyclic amines) is 1. The number of nitrogens with zero attached hydrogens (tertiary/aromatic N) is 1. The lowest BCUT2D eigenvalue weighted by Crippen LogP contribution is -2.40. The van der Waals surface area contributed by atoms with Gasteiger partial charge in [-0.25, -0.2) is 0 Å². The van der Waals surface area contributed by atoms with Gasteiger partial charge in [-0.15, -0.1) is 0 Å². The molecule has 1 heterocycles. The van der Waals surface area contributed by atoms with Gasteiger partial charge in [-0.3, -0.25) is 9.59 Å². The van der Waals surface area contributed by atoms with Crippen LogP contribution in [0.1, 0.15) is 19.8 Å². The summed E-state index contributed by atoms with van der Waals surface area (Å²) < 4.78 is 11.1. The third-order valence-electron chi connectivity index (χ3n) is 3.60. The van der Waals surface area contributed by atoms with Crippen LogP contribution in [0.5, 0.6) is 11.5 Å². The molecular weight excluding hydrogens is 302 g/mol. The predicted octanol–water partition coefficient (Wildman–Crippen LogP) is 2.34. The van der Waals surface area contributed by atoms with Crippen molar-refractivity contribution < 1.29 is 19.1 Å². The molecule has 0 aliphatic carbocycles. The Hall–Kier alpha value is -1.69. The van der Waals surface area contributed by atoms with Gasteiger partial charge in [-0.1, -0.05) is 23.9 Å². The summed E-state index contributed by atoms with van der Waals surface area (Å²) in [4.78, 5) is 25.0. The molecule has 0 aromatic heterocycles. The standard InChI is InChI=1S/C16H21NO4S/c1-12(18)22-11-16(19)17-9-5-6-13(17)10-21-15-8-4-3-7-14(15)20-2/h3-4,7-8,13H,5-6,9-11H2,1-2H3/t13-/m0/s1. The Morgan fingerprint density at radius 2 is 2.05 bits per heavy atom. The topological polar surface area (TPSA) is 55.8 Å². The van der Waals surface area contributed by atoms with Gasteiger partial charge in [0.05, 0.1) is 18.9 Å². The van der Waals surface area contributed by atoms with E-state index in [1.54, 1.807) is 7.11 Å². The quantitative estimate of drug-likeness (QED) is 0.804. The van der Waals surface area contributed by atoms with Gasteiger partial charge in [0.25, 0.3) is 0 Å². The second kappa shape index (κ2) is 8.08. The molecule has 1 aliphatic rings. The highest BCUT2D eigenvalue weighted by molar-refractivity contribution is 8.14. The monoisotopic (exact) mass is 323 g/mol. The van der Waals surface area contributed by atoms with Gasteiger partial charge in [0, 0.05) is 13.5 Å². The largest absolute Gasteiger partial charge is 0.493 e. The Morgan fingerprint density at radius 3 is 2.73 bits per heavy atom. The summed E-state index contributed by atoms with van der Waals surface area (Å²) in [5.74, 6) is 1.58. The number of rotatable bonds is 6. The molecule has 1 aromatic rings. The van der Waals surface area contributed by atoms with Crippen molar-refractivity contribution in [1.82, 2.24) is 4.90 Å². The van der Waals surface area contributed by atoms with Crippen LogP contribution in [0, 0.1) is 0 Å². The second-order valence-corrected chi connectivity index (χ2v) is 6.28. The number of thioether (sulfide) groups is 1. The molecule has 1 fully saturated rings. The summed E-state index contributed by atoms with van der Waals surface area (Å²) in [7, 11) is 1.60. The zero-order valence-corrected chi connectivity index (χ0v) is 13.7. The maximum absolute atomic E-state index is 12.2. The van der Waals surface area contributed by atoms with E-state index in [0.29, 0.717) is 18.1 Å². The van der Waals surface area contributed by atoms with E-state index in [9.17, 15) is 9.59 Å². The highest BCUT2D eigenvalue weighted by Gasteiger charge is 2.29. The lowest BCUT2D eigenvalue weighted by Gasteiger charge is -2.25. The van der Waals surface area contributed by atoms with Crippen molar-refractivity contribution in [3.05, 3.63) is 24.3 Å². The van der Waals surface area contributed by atoms with Gasteiger partial charge < -0.3 is 14.4 Å². The van der Waals surface area contributed by atoms with Crippen molar-refractivity contribution in [2.24, 2.45) is 0 Å². The van der Waals surface area contributed by atoms with E-state index in [1.165, 1.54) is 6.92 Å². The van der Waals surface area contributed by atoms with Crippen LogP contribution >= 0.6 is 11.8 Å². The lowest BCUT2D eigenvalue weighted by atomic mass is 10.2. The smallest absolute Gasteiger partial charge is 0.233 e. The SMILES string of the molecule is COc1ccccc1OC[C@@H]1CCCN1C(=O)CSC(C)=O. The zero-order chi connectivity index (χ0) is 15.9. The molecule has 0 spiro atoms. The van der Waals surface area contributed by atoms with E-state index < -0.39 is 0 Å². The van der Waals surface area contributed by atoms with Crippen LogP contribution in [0.4, 0.5) is 0 Å². The van der Waals surface area contributed by atoms with E-state index >= 15 is 0 Å². The average Bonchev–Trinajstić information content (AvgIpc) is 2.99. The van der Waals surface area contributed by atoms with Crippen LogP contribution < -0.4 is 9.47 Å². The molecule has 1 aliphatic heterocycles. The van der Waals surface area contributed by atoms with Gasteiger partial charge in [0.15, 0.2) is 16.6 Å². The molecule has 120 valence electrons. The highest BCUT2D eigenvalue weighted by Crippen LogP contribution is 2.27. The second-order valence-electron chi connectivity index (χ2n) is 5.13. The maximum Gasteiger partial charge on any atom is 0.233 e. The first-order chi connectivity index (χ1) is 10.6. The van der Waals surface area contributed by atoms with Crippen molar-refractivity contribution in [2.75, 3.05) is 26.0 Å².